The van der Waals surface area contributed by atoms with Gasteiger partial charge in [0.1, 0.15) is 5.76 Å². The van der Waals surface area contributed by atoms with Gasteiger partial charge in [-0.2, -0.15) is 0 Å². The van der Waals surface area contributed by atoms with Gasteiger partial charge in [0.2, 0.25) is 0 Å². The van der Waals surface area contributed by atoms with Crippen LogP contribution in [0.15, 0.2) is 58.1 Å². The Labute approximate surface area is 186 Å². The summed E-state index contributed by atoms with van der Waals surface area (Å²) in [7, 11) is 0. The lowest BCUT2D eigenvalue weighted by molar-refractivity contribution is 0.167. The zero-order valence-electron chi connectivity index (χ0n) is 16.9. The molecular formula is C22H33IN4O. The third kappa shape index (κ3) is 7.47. The van der Waals surface area contributed by atoms with Gasteiger partial charge in [0.15, 0.2) is 5.96 Å². The molecule has 0 spiro atoms. The van der Waals surface area contributed by atoms with Crippen molar-refractivity contribution in [3.05, 3.63) is 60.1 Å². The minimum absolute atomic E-state index is 0. The Bertz CT molecular complexity index is 680. The van der Waals surface area contributed by atoms with Crippen LogP contribution in [0.4, 0.5) is 0 Å². The van der Waals surface area contributed by atoms with Crippen LogP contribution >= 0.6 is 24.0 Å². The number of nitrogens with zero attached hydrogens (tertiary/aromatic N) is 2. The highest BCUT2D eigenvalue weighted by Crippen LogP contribution is 2.13. The highest BCUT2D eigenvalue weighted by molar-refractivity contribution is 14.0. The summed E-state index contributed by atoms with van der Waals surface area (Å²) in [4.78, 5) is 7.36. The summed E-state index contributed by atoms with van der Waals surface area (Å²) in [6.45, 7) is 8.33. The molecule has 0 saturated carbocycles. The summed E-state index contributed by atoms with van der Waals surface area (Å²) in [5.41, 5.74) is 1.22. The molecule has 0 unspecified atom stereocenters. The number of guanidine groups is 1. The molecule has 2 heterocycles. The van der Waals surface area contributed by atoms with E-state index in [1.165, 1.54) is 5.56 Å². The molecule has 0 atom stereocenters. The molecule has 154 valence electrons. The molecule has 1 aromatic carbocycles. The lowest BCUT2D eigenvalue weighted by Gasteiger charge is -2.35. The molecule has 1 aliphatic rings. The molecule has 28 heavy (non-hydrogen) atoms. The van der Waals surface area contributed by atoms with Crippen LogP contribution < -0.4 is 10.6 Å². The van der Waals surface area contributed by atoms with Gasteiger partial charge in [0, 0.05) is 38.1 Å². The van der Waals surface area contributed by atoms with Crippen LogP contribution in [0.5, 0.6) is 0 Å². The number of piperidine rings is 1. The minimum atomic E-state index is 0. The number of aliphatic imine (C=N–C) groups is 1. The average molecular weight is 496 g/mol. The van der Waals surface area contributed by atoms with E-state index in [1.807, 2.05) is 18.2 Å². The Kier molecular flexibility index (Phi) is 9.84. The van der Waals surface area contributed by atoms with Gasteiger partial charge in [0.25, 0.3) is 0 Å². The largest absolute Gasteiger partial charge is 0.469 e. The molecule has 6 heteroatoms. The summed E-state index contributed by atoms with van der Waals surface area (Å²) < 4.78 is 5.42. The van der Waals surface area contributed by atoms with E-state index in [2.05, 4.69) is 53.6 Å². The molecule has 3 rings (SSSR count). The predicted octanol–water partition coefficient (Wildman–Crippen LogP) is 4.05. The van der Waals surface area contributed by atoms with Crippen molar-refractivity contribution in [2.75, 3.05) is 19.6 Å². The fraction of sp³-hybridized carbons (Fsp3) is 0.500. The number of rotatable bonds is 7. The Balaban J connectivity index is 0.00000280. The summed E-state index contributed by atoms with van der Waals surface area (Å²) in [5.74, 6) is 1.89. The molecule has 2 aromatic rings. The highest BCUT2D eigenvalue weighted by Gasteiger charge is 2.21. The van der Waals surface area contributed by atoms with Gasteiger partial charge < -0.3 is 20.0 Å². The van der Waals surface area contributed by atoms with Crippen molar-refractivity contribution < 1.29 is 4.42 Å². The first-order chi connectivity index (χ1) is 13.2. The fourth-order valence-corrected chi connectivity index (χ4v) is 3.42. The zero-order valence-corrected chi connectivity index (χ0v) is 19.3. The zero-order chi connectivity index (χ0) is 18.9. The van der Waals surface area contributed by atoms with Gasteiger partial charge >= 0.3 is 0 Å². The van der Waals surface area contributed by atoms with Gasteiger partial charge in [-0.15, -0.1) is 24.0 Å². The molecular weight excluding hydrogens is 463 g/mol. The first-order valence-corrected chi connectivity index (χ1v) is 10.1. The minimum Gasteiger partial charge on any atom is -0.469 e. The third-order valence-electron chi connectivity index (χ3n) is 5.11. The van der Waals surface area contributed by atoms with Crippen molar-refractivity contribution in [1.82, 2.24) is 15.5 Å². The summed E-state index contributed by atoms with van der Waals surface area (Å²) in [6.07, 6.45) is 4.89. The third-order valence-corrected chi connectivity index (χ3v) is 5.11. The quantitative estimate of drug-likeness (QED) is 0.345. The van der Waals surface area contributed by atoms with Crippen molar-refractivity contribution in [1.29, 1.82) is 0 Å². The molecule has 1 saturated heterocycles. The van der Waals surface area contributed by atoms with E-state index in [0.717, 1.165) is 50.6 Å². The van der Waals surface area contributed by atoms with Gasteiger partial charge in [-0.05, 0) is 44.4 Å². The van der Waals surface area contributed by atoms with Crippen molar-refractivity contribution in [2.24, 2.45) is 4.99 Å². The molecule has 1 aliphatic heterocycles. The Hall–Kier alpha value is -1.54. The Morgan fingerprint density at radius 1 is 1.14 bits per heavy atom. The van der Waals surface area contributed by atoms with Gasteiger partial charge in [0.05, 0.1) is 12.8 Å². The molecule has 0 radical (unpaired) electrons. The number of benzene rings is 1. The van der Waals surface area contributed by atoms with Crippen molar-refractivity contribution in [2.45, 2.75) is 51.7 Å². The van der Waals surface area contributed by atoms with Crippen LogP contribution in [-0.4, -0.2) is 42.6 Å². The second-order valence-corrected chi connectivity index (χ2v) is 7.45. The second-order valence-electron chi connectivity index (χ2n) is 7.45. The number of furan rings is 1. The van der Waals surface area contributed by atoms with Crippen LogP contribution in [0, 0.1) is 0 Å². The standard InChI is InChI=1S/C22H32N4O.HI/c1-18(2)26-14-11-20(12-15-26)25-22(23-13-10-21-9-6-16-27-21)24-17-19-7-4-3-5-8-19;/h3-9,16,18,20H,10-15,17H2,1-2H3,(H2,23,24,25);1H. The lowest BCUT2D eigenvalue weighted by Crippen LogP contribution is -2.50. The van der Waals surface area contributed by atoms with Crippen molar-refractivity contribution >= 4 is 29.9 Å². The molecule has 1 fully saturated rings. The predicted molar refractivity (Wildman–Crippen MR) is 126 cm³/mol. The molecule has 1 aromatic heterocycles. The monoisotopic (exact) mass is 496 g/mol. The van der Waals surface area contributed by atoms with Crippen molar-refractivity contribution in [3.8, 4) is 0 Å². The first-order valence-electron chi connectivity index (χ1n) is 10.1. The van der Waals surface area contributed by atoms with E-state index in [9.17, 15) is 0 Å². The van der Waals surface area contributed by atoms with Gasteiger partial charge in [-0.1, -0.05) is 30.3 Å². The molecule has 2 N–H and O–H groups in total. The normalized spacial score (nSPS) is 16.0. The summed E-state index contributed by atoms with van der Waals surface area (Å²) in [6, 6.07) is 15.4. The second kappa shape index (κ2) is 12.1. The first kappa shape index (κ1) is 22.7. The average Bonchev–Trinajstić information content (AvgIpc) is 3.21. The maximum Gasteiger partial charge on any atom is 0.191 e. The van der Waals surface area contributed by atoms with E-state index in [4.69, 9.17) is 9.41 Å². The molecule has 5 nitrogen and oxygen atoms in total. The molecule has 0 bridgehead atoms. The maximum absolute atomic E-state index is 5.42. The summed E-state index contributed by atoms with van der Waals surface area (Å²) >= 11 is 0. The van der Waals surface area contributed by atoms with E-state index in [0.29, 0.717) is 18.6 Å². The van der Waals surface area contributed by atoms with E-state index in [1.54, 1.807) is 6.26 Å². The SMILES string of the molecule is CC(C)N1CCC(NC(=NCc2ccccc2)NCCc2ccco2)CC1.I. The van der Waals surface area contributed by atoms with E-state index < -0.39 is 0 Å². The van der Waals surface area contributed by atoms with Gasteiger partial charge in [-0.25, -0.2) is 4.99 Å². The van der Waals surface area contributed by atoms with Crippen LogP contribution in [0.25, 0.3) is 0 Å². The topological polar surface area (TPSA) is 52.8 Å². The fourth-order valence-electron chi connectivity index (χ4n) is 3.42. The smallest absolute Gasteiger partial charge is 0.191 e. The number of likely N-dealkylation sites (tertiary alicyclic amines) is 1. The highest BCUT2D eigenvalue weighted by atomic mass is 127. The molecule has 0 aliphatic carbocycles. The Morgan fingerprint density at radius 2 is 1.89 bits per heavy atom. The van der Waals surface area contributed by atoms with Crippen LogP contribution in [0.3, 0.4) is 0 Å². The Morgan fingerprint density at radius 3 is 2.54 bits per heavy atom. The van der Waals surface area contributed by atoms with Crippen LogP contribution in [0.2, 0.25) is 0 Å². The summed E-state index contributed by atoms with van der Waals surface area (Å²) in [5, 5.41) is 7.12. The van der Waals surface area contributed by atoms with E-state index in [-0.39, 0.29) is 24.0 Å². The van der Waals surface area contributed by atoms with Crippen molar-refractivity contribution in [3.63, 3.8) is 0 Å². The maximum atomic E-state index is 5.42. The van der Waals surface area contributed by atoms with Gasteiger partial charge in [-0.3, -0.25) is 0 Å². The lowest BCUT2D eigenvalue weighted by atomic mass is 10.0. The number of hydrogen-bond donors (Lipinski definition) is 2. The number of nitrogens with one attached hydrogen (secondary N) is 2. The van der Waals surface area contributed by atoms with Crippen LogP contribution in [-0.2, 0) is 13.0 Å². The molecule has 0 amide bonds. The number of hydrogen-bond acceptors (Lipinski definition) is 3. The van der Waals surface area contributed by atoms with Crippen LogP contribution in [0.1, 0.15) is 38.0 Å². The number of halogens is 1. The van der Waals surface area contributed by atoms with E-state index >= 15 is 0 Å².